The molecule has 3 nitrogen and oxygen atoms in total. The van der Waals surface area contributed by atoms with Gasteiger partial charge < -0.3 is 10.2 Å². The van der Waals surface area contributed by atoms with Gasteiger partial charge in [-0.3, -0.25) is 4.79 Å². The Morgan fingerprint density at radius 3 is 2.30 bits per heavy atom. The van der Waals surface area contributed by atoms with E-state index in [0.29, 0.717) is 17.9 Å². The predicted molar refractivity (Wildman–Crippen MR) is 86.3 cm³/mol. The van der Waals surface area contributed by atoms with Crippen LogP contribution in [0.25, 0.3) is 0 Å². The Morgan fingerprint density at radius 1 is 1.10 bits per heavy atom. The van der Waals surface area contributed by atoms with Gasteiger partial charge in [0.25, 0.3) is 0 Å². The van der Waals surface area contributed by atoms with Crippen LogP contribution in [0.15, 0.2) is 0 Å². The fourth-order valence-electron chi connectivity index (χ4n) is 3.56. The Bertz CT molecular complexity index is 272. The number of amides is 1. The molecule has 0 spiro atoms. The van der Waals surface area contributed by atoms with E-state index in [1.165, 1.54) is 32.1 Å². The molecule has 20 heavy (non-hydrogen) atoms. The molecule has 0 aromatic rings. The number of rotatable bonds is 4. The van der Waals surface area contributed by atoms with Crippen molar-refractivity contribution < 1.29 is 4.79 Å². The van der Waals surface area contributed by atoms with Crippen molar-refractivity contribution in [3.05, 3.63) is 0 Å². The monoisotopic (exact) mass is 302 g/mol. The highest BCUT2D eigenvalue weighted by atomic mass is 35.5. The van der Waals surface area contributed by atoms with Crippen molar-refractivity contribution in [1.82, 2.24) is 10.2 Å². The van der Waals surface area contributed by atoms with E-state index in [2.05, 4.69) is 17.1 Å². The summed E-state index contributed by atoms with van der Waals surface area (Å²) in [5.41, 5.74) is 0. The van der Waals surface area contributed by atoms with E-state index in [1.54, 1.807) is 0 Å². The van der Waals surface area contributed by atoms with Crippen molar-refractivity contribution >= 4 is 18.3 Å². The summed E-state index contributed by atoms with van der Waals surface area (Å²) in [5.74, 6) is 0.768. The summed E-state index contributed by atoms with van der Waals surface area (Å²) in [5, 5.41) is 3.40. The summed E-state index contributed by atoms with van der Waals surface area (Å²) < 4.78 is 0. The second-order valence-electron chi connectivity index (χ2n) is 6.22. The van der Waals surface area contributed by atoms with Gasteiger partial charge in [-0.2, -0.15) is 0 Å². The molecule has 1 aliphatic carbocycles. The zero-order chi connectivity index (χ0) is 13.5. The third-order valence-corrected chi connectivity index (χ3v) is 4.68. The maximum absolute atomic E-state index is 12.8. The van der Waals surface area contributed by atoms with E-state index < -0.39 is 0 Å². The molecule has 1 aliphatic heterocycles. The van der Waals surface area contributed by atoms with Gasteiger partial charge in [-0.25, -0.2) is 0 Å². The second kappa shape index (κ2) is 9.62. The molecule has 2 rings (SSSR count). The summed E-state index contributed by atoms with van der Waals surface area (Å²) in [7, 11) is 0. The Kier molecular flexibility index (Phi) is 8.55. The third-order valence-electron chi connectivity index (χ3n) is 4.68. The molecule has 1 saturated carbocycles. The SMILES string of the molecule is CCCN(C(=O)C1CCCCCCC1)C1CCNC1.Cl. The molecule has 1 unspecified atom stereocenters. The average Bonchev–Trinajstić information content (AvgIpc) is 2.88. The van der Waals surface area contributed by atoms with Crippen LogP contribution in [0.4, 0.5) is 0 Å². The van der Waals surface area contributed by atoms with Gasteiger partial charge in [0.05, 0.1) is 0 Å². The number of nitrogens with one attached hydrogen (secondary N) is 1. The molecule has 1 heterocycles. The first kappa shape index (κ1) is 17.8. The van der Waals surface area contributed by atoms with Crippen LogP contribution in [0.5, 0.6) is 0 Å². The van der Waals surface area contributed by atoms with Gasteiger partial charge in [0.2, 0.25) is 5.91 Å². The Labute approximate surface area is 130 Å². The maximum Gasteiger partial charge on any atom is 0.225 e. The van der Waals surface area contributed by atoms with Crippen molar-refractivity contribution in [2.75, 3.05) is 19.6 Å². The third kappa shape index (κ3) is 4.92. The van der Waals surface area contributed by atoms with Gasteiger partial charge in [-0.1, -0.05) is 39.0 Å². The molecular formula is C16H31ClN2O. The minimum absolute atomic E-state index is 0. The standard InChI is InChI=1S/C16H30N2O.ClH/c1-2-12-18(15-10-11-17-13-15)16(19)14-8-6-4-3-5-7-9-14;/h14-15,17H,2-13H2,1H3;1H. The Morgan fingerprint density at radius 2 is 1.75 bits per heavy atom. The summed E-state index contributed by atoms with van der Waals surface area (Å²) in [6.45, 7) is 5.20. The first-order chi connectivity index (χ1) is 9.33. The summed E-state index contributed by atoms with van der Waals surface area (Å²) in [4.78, 5) is 15.0. The number of hydrogen-bond donors (Lipinski definition) is 1. The first-order valence-electron chi connectivity index (χ1n) is 8.34. The van der Waals surface area contributed by atoms with Crippen molar-refractivity contribution in [3.8, 4) is 0 Å². The van der Waals surface area contributed by atoms with Crippen molar-refractivity contribution in [3.63, 3.8) is 0 Å². The minimum Gasteiger partial charge on any atom is -0.338 e. The molecular weight excluding hydrogens is 272 g/mol. The molecule has 1 atom stereocenters. The number of halogens is 1. The lowest BCUT2D eigenvalue weighted by Gasteiger charge is -2.32. The molecule has 118 valence electrons. The van der Waals surface area contributed by atoms with Crippen LogP contribution >= 0.6 is 12.4 Å². The first-order valence-corrected chi connectivity index (χ1v) is 8.34. The van der Waals surface area contributed by atoms with E-state index in [0.717, 1.165) is 45.3 Å². The van der Waals surface area contributed by atoms with E-state index in [9.17, 15) is 4.79 Å². The molecule has 1 amide bonds. The summed E-state index contributed by atoms with van der Waals surface area (Å²) >= 11 is 0. The molecule has 2 fully saturated rings. The van der Waals surface area contributed by atoms with E-state index >= 15 is 0 Å². The van der Waals surface area contributed by atoms with Crippen molar-refractivity contribution in [2.45, 2.75) is 70.8 Å². The van der Waals surface area contributed by atoms with Gasteiger partial charge in [-0.05, 0) is 32.2 Å². The molecule has 1 saturated heterocycles. The largest absolute Gasteiger partial charge is 0.338 e. The smallest absolute Gasteiger partial charge is 0.225 e. The van der Waals surface area contributed by atoms with E-state index in [-0.39, 0.29) is 12.4 Å². The molecule has 4 heteroatoms. The number of nitrogens with zero attached hydrogens (tertiary/aromatic N) is 1. The van der Waals surface area contributed by atoms with Crippen LogP contribution in [-0.2, 0) is 4.79 Å². The normalized spacial score (nSPS) is 24.6. The highest BCUT2D eigenvalue weighted by Crippen LogP contribution is 2.25. The van der Waals surface area contributed by atoms with Gasteiger partial charge in [0, 0.05) is 25.0 Å². The lowest BCUT2D eigenvalue weighted by molar-refractivity contribution is -0.138. The second-order valence-corrected chi connectivity index (χ2v) is 6.22. The fourth-order valence-corrected chi connectivity index (χ4v) is 3.56. The van der Waals surface area contributed by atoms with Gasteiger partial charge >= 0.3 is 0 Å². The number of hydrogen-bond acceptors (Lipinski definition) is 2. The molecule has 0 aromatic carbocycles. The number of carbonyl (C=O) groups is 1. The summed E-state index contributed by atoms with van der Waals surface area (Å²) in [6, 6.07) is 0.456. The number of carbonyl (C=O) groups excluding carboxylic acids is 1. The Balaban J connectivity index is 0.00000200. The highest BCUT2D eigenvalue weighted by molar-refractivity contribution is 5.85. The van der Waals surface area contributed by atoms with E-state index in [4.69, 9.17) is 0 Å². The Hall–Kier alpha value is -0.280. The zero-order valence-electron chi connectivity index (χ0n) is 12.9. The van der Waals surface area contributed by atoms with Crippen LogP contribution in [0.3, 0.4) is 0 Å². The topological polar surface area (TPSA) is 32.3 Å². The molecule has 0 aromatic heterocycles. The average molecular weight is 303 g/mol. The lowest BCUT2D eigenvalue weighted by Crippen LogP contribution is -2.45. The molecule has 0 radical (unpaired) electrons. The fraction of sp³-hybridized carbons (Fsp3) is 0.938. The molecule has 0 bridgehead atoms. The van der Waals surface area contributed by atoms with Gasteiger partial charge in [0.1, 0.15) is 0 Å². The van der Waals surface area contributed by atoms with Gasteiger partial charge in [-0.15, -0.1) is 12.4 Å². The van der Waals surface area contributed by atoms with Crippen LogP contribution in [0.2, 0.25) is 0 Å². The van der Waals surface area contributed by atoms with Gasteiger partial charge in [0.15, 0.2) is 0 Å². The van der Waals surface area contributed by atoms with Crippen molar-refractivity contribution in [1.29, 1.82) is 0 Å². The maximum atomic E-state index is 12.8. The molecule has 1 N–H and O–H groups in total. The van der Waals surface area contributed by atoms with Crippen LogP contribution in [-0.4, -0.2) is 36.5 Å². The van der Waals surface area contributed by atoms with Crippen LogP contribution in [0, 0.1) is 5.92 Å². The van der Waals surface area contributed by atoms with Crippen molar-refractivity contribution in [2.24, 2.45) is 5.92 Å². The predicted octanol–water partition coefficient (Wildman–Crippen LogP) is 3.37. The lowest BCUT2D eigenvalue weighted by atomic mass is 9.89. The van der Waals surface area contributed by atoms with Crippen LogP contribution in [0.1, 0.15) is 64.7 Å². The quantitative estimate of drug-likeness (QED) is 0.863. The zero-order valence-corrected chi connectivity index (χ0v) is 13.7. The molecule has 2 aliphatic rings. The summed E-state index contributed by atoms with van der Waals surface area (Å²) in [6.07, 6.45) is 11.0. The van der Waals surface area contributed by atoms with Crippen LogP contribution < -0.4 is 5.32 Å². The van der Waals surface area contributed by atoms with E-state index in [1.807, 2.05) is 0 Å². The highest BCUT2D eigenvalue weighted by Gasteiger charge is 2.30. The minimum atomic E-state index is 0.